The number of anilines is 1. The summed E-state index contributed by atoms with van der Waals surface area (Å²) in [6.07, 6.45) is 5.03. The lowest BCUT2D eigenvalue weighted by molar-refractivity contribution is 0.0697. The zero-order chi connectivity index (χ0) is 13.1. The van der Waals surface area contributed by atoms with Crippen LogP contribution in [0.3, 0.4) is 0 Å². The molecule has 1 aliphatic carbocycles. The molecule has 2 atom stereocenters. The summed E-state index contributed by atoms with van der Waals surface area (Å²) < 4.78 is 0. The Balaban J connectivity index is 2.12. The fraction of sp³-hybridized carbons (Fsp3) is 0.533. The third-order valence-electron chi connectivity index (χ3n) is 4.00. The topological polar surface area (TPSA) is 49.3 Å². The molecular formula is C15H21NO2. The van der Waals surface area contributed by atoms with Gasteiger partial charge < -0.3 is 10.4 Å². The molecule has 0 bridgehead atoms. The normalized spacial score (nSPS) is 23.0. The van der Waals surface area contributed by atoms with Crippen molar-refractivity contribution in [3.05, 3.63) is 29.3 Å². The molecule has 18 heavy (non-hydrogen) atoms. The summed E-state index contributed by atoms with van der Waals surface area (Å²) in [6, 6.07) is 5.85. The van der Waals surface area contributed by atoms with Gasteiger partial charge in [0, 0.05) is 11.7 Å². The van der Waals surface area contributed by atoms with Crippen LogP contribution in [0.2, 0.25) is 0 Å². The van der Waals surface area contributed by atoms with E-state index in [9.17, 15) is 4.79 Å². The molecule has 1 fully saturated rings. The maximum atomic E-state index is 10.9. The third-order valence-corrected chi connectivity index (χ3v) is 4.00. The number of hydrogen-bond donors (Lipinski definition) is 2. The van der Waals surface area contributed by atoms with Gasteiger partial charge in [-0.2, -0.15) is 0 Å². The minimum Gasteiger partial charge on any atom is -0.478 e. The summed E-state index contributed by atoms with van der Waals surface area (Å²) >= 11 is 0. The number of benzene rings is 1. The summed E-state index contributed by atoms with van der Waals surface area (Å²) in [4.78, 5) is 10.9. The Kier molecular flexibility index (Phi) is 3.90. The maximum absolute atomic E-state index is 10.9. The predicted molar refractivity (Wildman–Crippen MR) is 73.2 cm³/mol. The molecule has 98 valence electrons. The first-order chi connectivity index (χ1) is 8.61. The second kappa shape index (κ2) is 5.42. The van der Waals surface area contributed by atoms with Crippen molar-refractivity contribution < 1.29 is 9.90 Å². The molecule has 0 radical (unpaired) electrons. The van der Waals surface area contributed by atoms with Gasteiger partial charge in [0.15, 0.2) is 0 Å². The number of carboxylic acid groups (broad SMARTS) is 1. The minimum atomic E-state index is -0.864. The maximum Gasteiger partial charge on any atom is 0.335 e. The molecule has 1 aromatic rings. The fourth-order valence-electron chi connectivity index (χ4n) is 2.87. The van der Waals surface area contributed by atoms with E-state index in [0.717, 1.165) is 17.2 Å². The second-order valence-corrected chi connectivity index (χ2v) is 5.18. The molecule has 1 aromatic carbocycles. The number of aromatic carboxylic acids is 1. The van der Waals surface area contributed by atoms with Gasteiger partial charge in [0.05, 0.1) is 5.56 Å². The molecule has 1 aliphatic rings. The van der Waals surface area contributed by atoms with Crippen LogP contribution in [0.1, 0.15) is 48.5 Å². The number of rotatable bonds is 4. The molecule has 0 aliphatic heterocycles. The van der Waals surface area contributed by atoms with Gasteiger partial charge in [-0.3, -0.25) is 0 Å². The molecule has 0 heterocycles. The number of carboxylic acids is 1. The third kappa shape index (κ3) is 2.66. The summed E-state index contributed by atoms with van der Waals surface area (Å²) in [7, 11) is 0. The molecule has 2 rings (SSSR count). The zero-order valence-electron chi connectivity index (χ0n) is 11.1. The molecule has 0 spiro atoms. The summed E-state index contributed by atoms with van der Waals surface area (Å²) in [5.41, 5.74) is 2.44. The van der Waals surface area contributed by atoms with Crippen LogP contribution in [0.4, 0.5) is 5.69 Å². The van der Waals surface area contributed by atoms with E-state index in [-0.39, 0.29) is 0 Å². The SMILES string of the molecule is CCC1CCCC1Nc1ccc(C(=O)O)cc1C. The van der Waals surface area contributed by atoms with Gasteiger partial charge in [0.25, 0.3) is 0 Å². The van der Waals surface area contributed by atoms with Crippen molar-refractivity contribution in [3.8, 4) is 0 Å². The van der Waals surface area contributed by atoms with Crippen molar-refractivity contribution in [2.24, 2.45) is 5.92 Å². The first kappa shape index (κ1) is 12.9. The minimum absolute atomic E-state index is 0.358. The highest BCUT2D eigenvalue weighted by molar-refractivity contribution is 5.88. The molecule has 0 amide bonds. The van der Waals surface area contributed by atoms with Crippen molar-refractivity contribution in [2.45, 2.75) is 45.6 Å². The van der Waals surface area contributed by atoms with Gasteiger partial charge >= 0.3 is 5.97 Å². The lowest BCUT2D eigenvalue weighted by Crippen LogP contribution is -2.23. The zero-order valence-corrected chi connectivity index (χ0v) is 11.1. The molecule has 2 N–H and O–H groups in total. The van der Waals surface area contributed by atoms with E-state index < -0.39 is 5.97 Å². The number of nitrogens with one attached hydrogen (secondary N) is 1. The van der Waals surface area contributed by atoms with Gasteiger partial charge in [0.2, 0.25) is 0 Å². The number of hydrogen-bond acceptors (Lipinski definition) is 2. The summed E-state index contributed by atoms with van der Waals surface area (Å²) in [5, 5.41) is 12.5. The lowest BCUT2D eigenvalue weighted by Gasteiger charge is -2.22. The standard InChI is InChI=1S/C15H21NO2/c1-3-11-5-4-6-14(11)16-13-8-7-12(15(17)18)9-10(13)2/h7-9,11,14,16H,3-6H2,1-2H3,(H,17,18). The molecular weight excluding hydrogens is 226 g/mol. The molecule has 0 aromatic heterocycles. The Morgan fingerprint density at radius 1 is 1.44 bits per heavy atom. The van der Waals surface area contributed by atoms with Crippen molar-refractivity contribution in [1.82, 2.24) is 0 Å². The van der Waals surface area contributed by atoms with Crippen molar-refractivity contribution >= 4 is 11.7 Å². The van der Waals surface area contributed by atoms with Gasteiger partial charge in [0.1, 0.15) is 0 Å². The molecule has 1 saturated carbocycles. The highest BCUT2D eigenvalue weighted by Crippen LogP contribution is 2.31. The monoisotopic (exact) mass is 247 g/mol. The smallest absolute Gasteiger partial charge is 0.335 e. The number of carbonyl (C=O) groups is 1. The van der Waals surface area contributed by atoms with Crippen LogP contribution in [-0.2, 0) is 0 Å². The summed E-state index contributed by atoms with van der Waals surface area (Å²) in [5.74, 6) is -0.111. The van der Waals surface area contributed by atoms with E-state index >= 15 is 0 Å². The van der Waals surface area contributed by atoms with E-state index in [2.05, 4.69) is 12.2 Å². The van der Waals surface area contributed by atoms with Crippen molar-refractivity contribution in [3.63, 3.8) is 0 Å². The van der Waals surface area contributed by atoms with Crippen LogP contribution in [0.25, 0.3) is 0 Å². The van der Waals surface area contributed by atoms with Gasteiger partial charge in [-0.05, 0) is 49.4 Å². The van der Waals surface area contributed by atoms with E-state index in [4.69, 9.17) is 5.11 Å². The first-order valence-electron chi connectivity index (χ1n) is 6.72. The molecule has 0 saturated heterocycles. The van der Waals surface area contributed by atoms with Crippen molar-refractivity contribution in [1.29, 1.82) is 0 Å². The second-order valence-electron chi connectivity index (χ2n) is 5.18. The van der Waals surface area contributed by atoms with Crippen LogP contribution in [0.5, 0.6) is 0 Å². The fourth-order valence-corrected chi connectivity index (χ4v) is 2.87. The van der Waals surface area contributed by atoms with Crippen molar-refractivity contribution in [2.75, 3.05) is 5.32 Å². The Labute approximate surface area is 108 Å². The van der Waals surface area contributed by atoms with Crippen LogP contribution < -0.4 is 5.32 Å². The van der Waals surface area contributed by atoms with Crippen LogP contribution >= 0.6 is 0 Å². The Morgan fingerprint density at radius 3 is 2.83 bits per heavy atom. The van der Waals surface area contributed by atoms with E-state index in [1.165, 1.54) is 25.7 Å². The van der Waals surface area contributed by atoms with Crippen LogP contribution in [0.15, 0.2) is 18.2 Å². The Morgan fingerprint density at radius 2 is 2.22 bits per heavy atom. The molecule has 3 nitrogen and oxygen atoms in total. The van der Waals surface area contributed by atoms with Crippen LogP contribution in [0, 0.1) is 12.8 Å². The summed E-state index contributed by atoms with van der Waals surface area (Å²) in [6.45, 7) is 4.20. The number of aryl methyl sites for hydroxylation is 1. The van der Waals surface area contributed by atoms with Crippen LogP contribution in [-0.4, -0.2) is 17.1 Å². The van der Waals surface area contributed by atoms with Gasteiger partial charge in [-0.25, -0.2) is 4.79 Å². The quantitative estimate of drug-likeness (QED) is 0.853. The van der Waals surface area contributed by atoms with E-state index in [0.29, 0.717) is 11.6 Å². The Bertz CT molecular complexity index is 442. The van der Waals surface area contributed by atoms with Gasteiger partial charge in [-0.1, -0.05) is 19.8 Å². The average Bonchev–Trinajstić information content (AvgIpc) is 2.78. The van der Waals surface area contributed by atoms with Gasteiger partial charge in [-0.15, -0.1) is 0 Å². The largest absolute Gasteiger partial charge is 0.478 e. The lowest BCUT2D eigenvalue weighted by atomic mass is 9.99. The molecule has 3 heteroatoms. The Hall–Kier alpha value is -1.51. The highest BCUT2D eigenvalue weighted by Gasteiger charge is 2.25. The van der Waals surface area contributed by atoms with E-state index in [1.807, 2.05) is 13.0 Å². The van der Waals surface area contributed by atoms with E-state index in [1.54, 1.807) is 12.1 Å². The highest BCUT2D eigenvalue weighted by atomic mass is 16.4. The average molecular weight is 247 g/mol. The molecule has 2 unspecified atom stereocenters. The predicted octanol–water partition coefficient (Wildman–Crippen LogP) is 3.68. The first-order valence-corrected chi connectivity index (χ1v) is 6.72.